The van der Waals surface area contributed by atoms with E-state index in [9.17, 15) is 0 Å². The highest BCUT2D eigenvalue weighted by molar-refractivity contribution is 5.90. The standard InChI is InChI=1S/C15H19N3/c1-11-5-4-6-12(9-11)17-15-10-16-18-14-8-3-2-7-13(14)15/h2-3,7-8,10-12H,4-6,9H2,1H3,(H,17,18). The first-order valence-electron chi connectivity index (χ1n) is 6.80. The molecule has 1 aromatic carbocycles. The van der Waals surface area contributed by atoms with Crippen molar-refractivity contribution in [2.75, 3.05) is 5.32 Å². The van der Waals surface area contributed by atoms with Gasteiger partial charge in [-0.3, -0.25) is 0 Å². The van der Waals surface area contributed by atoms with E-state index in [2.05, 4.69) is 34.6 Å². The maximum Gasteiger partial charge on any atom is 0.0950 e. The Morgan fingerprint density at radius 1 is 1.22 bits per heavy atom. The summed E-state index contributed by atoms with van der Waals surface area (Å²) in [5.41, 5.74) is 2.09. The van der Waals surface area contributed by atoms with Gasteiger partial charge in [0.15, 0.2) is 0 Å². The Hall–Kier alpha value is -1.64. The topological polar surface area (TPSA) is 37.8 Å². The average molecular weight is 241 g/mol. The molecule has 1 aliphatic carbocycles. The third-order valence-corrected chi connectivity index (χ3v) is 3.84. The molecule has 1 heterocycles. The van der Waals surface area contributed by atoms with Crippen molar-refractivity contribution in [1.29, 1.82) is 0 Å². The van der Waals surface area contributed by atoms with Crippen LogP contribution >= 0.6 is 0 Å². The van der Waals surface area contributed by atoms with Crippen molar-refractivity contribution in [2.24, 2.45) is 5.92 Å². The third-order valence-electron chi connectivity index (χ3n) is 3.84. The molecule has 2 atom stereocenters. The molecule has 1 saturated carbocycles. The Balaban J connectivity index is 1.86. The molecular weight excluding hydrogens is 222 g/mol. The minimum atomic E-state index is 0.585. The molecule has 18 heavy (non-hydrogen) atoms. The van der Waals surface area contributed by atoms with Crippen LogP contribution in [0.4, 0.5) is 5.69 Å². The zero-order chi connectivity index (χ0) is 12.4. The molecule has 2 unspecified atom stereocenters. The highest BCUT2D eigenvalue weighted by Crippen LogP contribution is 2.28. The van der Waals surface area contributed by atoms with Gasteiger partial charge in [0, 0.05) is 11.4 Å². The zero-order valence-electron chi connectivity index (χ0n) is 10.8. The molecule has 1 aliphatic rings. The molecule has 3 rings (SSSR count). The molecule has 1 N–H and O–H groups in total. The fourth-order valence-corrected chi connectivity index (χ4v) is 2.91. The molecule has 3 heteroatoms. The first-order valence-corrected chi connectivity index (χ1v) is 6.80. The molecule has 0 aliphatic heterocycles. The van der Waals surface area contributed by atoms with E-state index in [-0.39, 0.29) is 0 Å². The van der Waals surface area contributed by atoms with Gasteiger partial charge in [-0.15, -0.1) is 0 Å². The quantitative estimate of drug-likeness (QED) is 0.872. The lowest BCUT2D eigenvalue weighted by atomic mass is 9.87. The summed E-state index contributed by atoms with van der Waals surface area (Å²) in [4.78, 5) is 0. The lowest BCUT2D eigenvalue weighted by Gasteiger charge is -2.28. The highest BCUT2D eigenvalue weighted by atomic mass is 15.1. The summed E-state index contributed by atoms with van der Waals surface area (Å²) in [6, 6.07) is 8.76. The fourth-order valence-electron chi connectivity index (χ4n) is 2.91. The van der Waals surface area contributed by atoms with Crippen molar-refractivity contribution < 1.29 is 0 Å². The maximum atomic E-state index is 4.16. The van der Waals surface area contributed by atoms with Crippen LogP contribution in [0.25, 0.3) is 10.9 Å². The molecule has 0 radical (unpaired) electrons. The highest BCUT2D eigenvalue weighted by Gasteiger charge is 2.19. The van der Waals surface area contributed by atoms with Gasteiger partial charge in [-0.25, -0.2) is 0 Å². The number of rotatable bonds is 2. The number of hydrogen-bond donors (Lipinski definition) is 1. The Morgan fingerprint density at radius 3 is 3.00 bits per heavy atom. The number of fused-ring (bicyclic) bond motifs is 1. The zero-order valence-corrected chi connectivity index (χ0v) is 10.8. The Morgan fingerprint density at radius 2 is 2.11 bits per heavy atom. The minimum Gasteiger partial charge on any atom is -0.380 e. The molecule has 1 fully saturated rings. The molecule has 94 valence electrons. The summed E-state index contributed by atoms with van der Waals surface area (Å²) in [5, 5.41) is 13.1. The lowest BCUT2D eigenvalue weighted by Crippen LogP contribution is -2.26. The van der Waals surface area contributed by atoms with Crippen molar-refractivity contribution >= 4 is 16.6 Å². The van der Waals surface area contributed by atoms with Gasteiger partial charge in [0.1, 0.15) is 0 Å². The first-order chi connectivity index (χ1) is 8.83. The monoisotopic (exact) mass is 241 g/mol. The number of anilines is 1. The van der Waals surface area contributed by atoms with Crippen LogP contribution in [-0.2, 0) is 0 Å². The summed E-state index contributed by atoms with van der Waals surface area (Å²) in [7, 11) is 0. The van der Waals surface area contributed by atoms with E-state index in [1.807, 2.05) is 18.3 Å². The van der Waals surface area contributed by atoms with E-state index in [0.717, 1.165) is 17.1 Å². The van der Waals surface area contributed by atoms with Gasteiger partial charge in [0.2, 0.25) is 0 Å². The number of nitrogens with one attached hydrogen (secondary N) is 1. The molecule has 0 bridgehead atoms. The second kappa shape index (κ2) is 4.92. The van der Waals surface area contributed by atoms with E-state index in [1.165, 1.54) is 31.1 Å². The second-order valence-corrected chi connectivity index (χ2v) is 5.39. The van der Waals surface area contributed by atoms with E-state index >= 15 is 0 Å². The van der Waals surface area contributed by atoms with Gasteiger partial charge in [0.25, 0.3) is 0 Å². The summed E-state index contributed by atoms with van der Waals surface area (Å²) >= 11 is 0. The third kappa shape index (κ3) is 2.30. The minimum absolute atomic E-state index is 0.585. The second-order valence-electron chi connectivity index (χ2n) is 5.39. The van der Waals surface area contributed by atoms with E-state index in [0.29, 0.717) is 6.04 Å². The molecule has 3 nitrogen and oxygen atoms in total. The normalized spacial score (nSPS) is 24.1. The van der Waals surface area contributed by atoms with Gasteiger partial charge in [0.05, 0.1) is 17.4 Å². The largest absolute Gasteiger partial charge is 0.380 e. The average Bonchev–Trinajstić information content (AvgIpc) is 2.39. The van der Waals surface area contributed by atoms with Gasteiger partial charge in [-0.05, 0) is 24.8 Å². The summed E-state index contributed by atoms with van der Waals surface area (Å²) in [5.74, 6) is 0.831. The summed E-state index contributed by atoms with van der Waals surface area (Å²) in [6.45, 7) is 2.34. The van der Waals surface area contributed by atoms with Crippen molar-refractivity contribution in [2.45, 2.75) is 38.6 Å². The molecule has 0 spiro atoms. The van der Waals surface area contributed by atoms with Crippen LogP contribution in [0, 0.1) is 5.92 Å². The van der Waals surface area contributed by atoms with Crippen molar-refractivity contribution in [3.05, 3.63) is 30.5 Å². The van der Waals surface area contributed by atoms with Gasteiger partial charge < -0.3 is 5.32 Å². The summed E-state index contributed by atoms with van der Waals surface area (Å²) < 4.78 is 0. The summed E-state index contributed by atoms with van der Waals surface area (Å²) in [6.07, 6.45) is 7.07. The number of aromatic nitrogens is 2. The van der Waals surface area contributed by atoms with Crippen molar-refractivity contribution in [3.8, 4) is 0 Å². The molecule has 0 saturated heterocycles. The predicted molar refractivity (Wildman–Crippen MR) is 74.6 cm³/mol. The van der Waals surface area contributed by atoms with E-state index < -0.39 is 0 Å². The Bertz CT molecular complexity index is 533. The van der Waals surface area contributed by atoms with Crippen molar-refractivity contribution in [1.82, 2.24) is 10.2 Å². The van der Waals surface area contributed by atoms with Gasteiger partial charge in [-0.2, -0.15) is 10.2 Å². The van der Waals surface area contributed by atoms with Crippen LogP contribution in [0.1, 0.15) is 32.6 Å². The van der Waals surface area contributed by atoms with Crippen LogP contribution in [0.3, 0.4) is 0 Å². The molecule has 2 aromatic rings. The molecule has 0 amide bonds. The number of nitrogens with zero attached hydrogens (tertiary/aromatic N) is 2. The fraction of sp³-hybridized carbons (Fsp3) is 0.467. The van der Waals surface area contributed by atoms with Crippen LogP contribution in [0.5, 0.6) is 0 Å². The van der Waals surface area contributed by atoms with Crippen LogP contribution in [-0.4, -0.2) is 16.2 Å². The van der Waals surface area contributed by atoms with Crippen LogP contribution < -0.4 is 5.32 Å². The molecule has 1 aromatic heterocycles. The first kappa shape index (κ1) is 11.5. The number of hydrogen-bond acceptors (Lipinski definition) is 3. The van der Waals surface area contributed by atoms with E-state index in [1.54, 1.807) is 0 Å². The SMILES string of the molecule is CC1CCCC(Nc2cnnc3ccccc23)C1. The van der Waals surface area contributed by atoms with Gasteiger partial charge in [-0.1, -0.05) is 38.0 Å². The number of benzene rings is 1. The maximum absolute atomic E-state index is 4.16. The van der Waals surface area contributed by atoms with Crippen molar-refractivity contribution in [3.63, 3.8) is 0 Å². The molecular formula is C15H19N3. The Labute approximate surface area is 108 Å². The van der Waals surface area contributed by atoms with Crippen LogP contribution in [0.2, 0.25) is 0 Å². The lowest BCUT2D eigenvalue weighted by molar-refractivity contribution is 0.359. The predicted octanol–water partition coefficient (Wildman–Crippen LogP) is 3.62. The Kier molecular flexibility index (Phi) is 3.13. The van der Waals surface area contributed by atoms with E-state index in [4.69, 9.17) is 0 Å². The van der Waals surface area contributed by atoms with Crippen LogP contribution in [0.15, 0.2) is 30.5 Å². The van der Waals surface area contributed by atoms with Gasteiger partial charge >= 0.3 is 0 Å². The smallest absolute Gasteiger partial charge is 0.0950 e.